The van der Waals surface area contributed by atoms with Gasteiger partial charge in [0, 0.05) is 27.9 Å². The summed E-state index contributed by atoms with van der Waals surface area (Å²) in [5.41, 5.74) is 2.06. The molecule has 1 N–H and O–H groups in total. The molecular weight excluding hydrogens is 412 g/mol. The minimum Gasteiger partial charge on any atom is -0.507 e. The zero-order valence-corrected chi connectivity index (χ0v) is 17.7. The molecule has 0 amide bonds. The molecule has 154 valence electrons. The Hall–Kier alpha value is -3.71. The van der Waals surface area contributed by atoms with Crippen LogP contribution >= 0.6 is 11.3 Å². The Morgan fingerprint density at radius 3 is 2.71 bits per heavy atom. The number of ether oxygens (including phenoxy) is 1. The molecular formula is C24H18N2O4S. The maximum absolute atomic E-state index is 12.7. The fourth-order valence-corrected chi connectivity index (χ4v) is 4.56. The van der Waals surface area contributed by atoms with Crippen LogP contribution in [0.1, 0.15) is 28.6 Å². The van der Waals surface area contributed by atoms with Crippen molar-refractivity contribution >= 4 is 60.6 Å². The molecule has 0 aliphatic rings. The summed E-state index contributed by atoms with van der Waals surface area (Å²) in [6.07, 6.45) is 1.54. The molecule has 6 nitrogen and oxygen atoms in total. The van der Waals surface area contributed by atoms with Gasteiger partial charge in [0.1, 0.15) is 22.7 Å². The van der Waals surface area contributed by atoms with E-state index in [9.17, 15) is 9.90 Å². The second kappa shape index (κ2) is 7.52. The van der Waals surface area contributed by atoms with Crippen molar-refractivity contribution in [2.45, 2.75) is 13.8 Å². The van der Waals surface area contributed by atoms with Crippen molar-refractivity contribution in [3.8, 4) is 5.75 Å². The molecule has 0 saturated carbocycles. The Kier molecular flexibility index (Phi) is 4.67. The Morgan fingerprint density at radius 2 is 1.94 bits per heavy atom. The number of nitrogens with zero attached hydrogens (tertiary/aromatic N) is 2. The normalized spacial score (nSPS) is 11.8. The number of phenols is 1. The highest BCUT2D eigenvalue weighted by Gasteiger charge is 2.26. The van der Waals surface area contributed by atoms with Gasteiger partial charge in [-0.25, -0.2) is 14.8 Å². The molecule has 0 aliphatic heterocycles. The van der Waals surface area contributed by atoms with Crippen LogP contribution in [0.4, 0.5) is 5.13 Å². The van der Waals surface area contributed by atoms with E-state index in [1.54, 1.807) is 26.1 Å². The number of benzene rings is 3. The summed E-state index contributed by atoms with van der Waals surface area (Å²) >= 11 is 1.45. The Bertz CT molecular complexity index is 1460. The van der Waals surface area contributed by atoms with Crippen LogP contribution in [0.2, 0.25) is 0 Å². The number of carbonyl (C=O) groups excluding carboxylic acids is 1. The minimum absolute atomic E-state index is 0.0271. The third kappa shape index (κ3) is 3.14. The number of thiazole rings is 1. The molecule has 31 heavy (non-hydrogen) atoms. The molecule has 5 rings (SSSR count). The smallest absolute Gasteiger partial charge is 0.342 e. The molecule has 7 heteroatoms. The van der Waals surface area contributed by atoms with Gasteiger partial charge >= 0.3 is 5.97 Å². The second-order valence-corrected chi connectivity index (χ2v) is 8.00. The highest BCUT2D eigenvalue weighted by atomic mass is 32.1. The Balaban J connectivity index is 1.78. The summed E-state index contributed by atoms with van der Waals surface area (Å²) in [4.78, 5) is 21.7. The number of aromatic nitrogens is 1. The highest BCUT2D eigenvalue weighted by Crippen LogP contribution is 2.41. The molecule has 3 aromatic carbocycles. The topological polar surface area (TPSA) is 84.9 Å². The van der Waals surface area contributed by atoms with E-state index in [0.717, 1.165) is 10.2 Å². The molecule has 2 heterocycles. The van der Waals surface area contributed by atoms with Crippen molar-refractivity contribution in [3.05, 3.63) is 65.4 Å². The number of hydrogen-bond acceptors (Lipinski definition) is 7. The number of fused-ring (bicyclic) bond motifs is 4. The lowest BCUT2D eigenvalue weighted by molar-refractivity contribution is 0.0526. The van der Waals surface area contributed by atoms with Crippen LogP contribution in [0.5, 0.6) is 5.75 Å². The van der Waals surface area contributed by atoms with E-state index in [4.69, 9.17) is 9.15 Å². The number of furan rings is 1. The number of para-hydroxylation sites is 1. The van der Waals surface area contributed by atoms with Gasteiger partial charge in [-0.1, -0.05) is 47.7 Å². The standard InChI is InChI=1S/C24H18N2O4S/c1-3-29-23(28)19-13(2)30-22-15-9-5-4-8-14(15)21(27)16(20(19)22)12-25-24-26-17-10-6-7-11-18(17)31-24/h4-12,27H,3H2,1-2H3. The van der Waals surface area contributed by atoms with Crippen LogP contribution in [0.3, 0.4) is 0 Å². The number of rotatable bonds is 4. The largest absolute Gasteiger partial charge is 0.507 e. The molecule has 0 aliphatic carbocycles. The number of carbonyl (C=O) groups is 1. The van der Waals surface area contributed by atoms with Crippen molar-refractivity contribution in [2.75, 3.05) is 6.61 Å². The SMILES string of the molecule is CCOC(=O)c1c(C)oc2c1c(C=Nc1nc3ccccc3s1)c(O)c1ccccc12. The van der Waals surface area contributed by atoms with Crippen molar-refractivity contribution in [2.24, 2.45) is 4.99 Å². The number of aromatic hydroxyl groups is 1. The maximum Gasteiger partial charge on any atom is 0.342 e. The summed E-state index contributed by atoms with van der Waals surface area (Å²) in [6, 6.07) is 15.1. The Labute approximate surface area is 181 Å². The average Bonchev–Trinajstić information content (AvgIpc) is 3.34. The lowest BCUT2D eigenvalue weighted by Gasteiger charge is -2.08. The van der Waals surface area contributed by atoms with Gasteiger partial charge in [0.25, 0.3) is 0 Å². The quantitative estimate of drug-likeness (QED) is 0.274. The molecule has 0 radical (unpaired) electrons. The average molecular weight is 430 g/mol. The molecule has 5 aromatic rings. The maximum atomic E-state index is 12.7. The zero-order chi connectivity index (χ0) is 21.5. The second-order valence-electron chi connectivity index (χ2n) is 6.99. The summed E-state index contributed by atoms with van der Waals surface area (Å²) in [5.74, 6) is -0.0405. The van der Waals surface area contributed by atoms with E-state index < -0.39 is 5.97 Å². The van der Waals surface area contributed by atoms with E-state index in [-0.39, 0.29) is 12.4 Å². The number of esters is 1. The van der Waals surface area contributed by atoms with Crippen LogP contribution in [0.15, 0.2) is 57.9 Å². The van der Waals surface area contributed by atoms with Crippen molar-refractivity contribution in [1.29, 1.82) is 0 Å². The molecule has 0 bridgehead atoms. The third-order valence-corrected chi connectivity index (χ3v) is 6.05. The van der Waals surface area contributed by atoms with Crippen LogP contribution in [-0.4, -0.2) is 28.9 Å². The molecule has 0 unspecified atom stereocenters. The predicted molar refractivity (Wildman–Crippen MR) is 123 cm³/mol. The first-order valence-electron chi connectivity index (χ1n) is 9.82. The van der Waals surface area contributed by atoms with Crippen molar-refractivity contribution in [3.63, 3.8) is 0 Å². The first-order chi connectivity index (χ1) is 15.1. The summed E-state index contributed by atoms with van der Waals surface area (Å²) < 4.78 is 12.3. The first kappa shape index (κ1) is 19.3. The number of phenolic OH excluding ortho intramolecular Hbond substituents is 1. The molecule has 0 saturated heterocycles. The van der Waals surface area contributed by atoms with E-state index in [1.807, 2.05) is 42.5 Å². The van der Waals surface area contributed by atoms with Gasteiger partial charge in [0.15, 0.2) is 0 Å². The van der Waals surface area contributed by atoms with Crippen molar-refractivity contribution in [1.82, 2.24) is 4.98 Å². The van der Waals surface area contributed by atoms with E-state index >= 15 is 0 Å². The number of aryl methyl sites for hydroxylation is 1. The highest BCUT2D eigenvalue weighted by molar-refractivity contribution is 7.22. The van der Waals surface area contributed by atoms with Gasteiger partial charge in [0.2, 0.25) is 5.13 Å². The zero-order valence-electron chi connectivity index (χ0n) is 16.9. The van der Waals surface area contributed by atoms with Gasteiger partial charge in [0.05, 0.1) is 16.8 Å². The summed E-state index contributed by atoms with van der Waals surface area (Å²) in [5, 5.41) is 13.5. The van der Waals surface area contributed by atoms with Gasteiger partial charge in [-0.15, -0.1) is 0 Å². The fraction of sp³-hybridized carbons (Fsp3) is 0.125. The molecule has 0 atom stereocenters. The third-order valence-electron chi connectivity index (χ3n) is 5.10. The van der Waals surface area contributed by atoms with Crippen LogP contribution in [-0.2, 0) is 4.74 Å². The first-order valence-corrected chi connectivity index (χ1v) is 10.6. The lowest BCUT2D eigenvalue weighted by Crippen LogP contribution is -2.06. The van der Waals surface area contributed by atoms with Gasteiger partial charge in [-0.05, 0) is 26.0 Å². The number of aliphatic imine (C=N–C) groups is 1. The fourth-order valence-electron chi connectivity index (χ4n) is 3.75. The van der Waals surface area contributed by atoms with Gasteiger partial charge in [-0.3, -0.25) is 0 Å². The molecule has 0 fully saturated rings. The van der Waals surface area contributed by atoms with Crippen LogP contribution < -0.4 is 0 Å². The Morgan fingerprint density at radius 1 is 1.19 bits per heavy atom. The predicted octanol–water partition coefficient (Wildman–Crippen LogP) is 6.14. The molecule has 2 aromatic heterocycles. The molecule has 0 spiro atoms. The van der Waals surface area contributed by atoms with E-state index in [0.29, 0.717) is 43.8 Å². The van der Waals surface area contributed by atoms with Crippen LogP contribution in [0, 0.1) is 6.92 Å². The van der Waals surface area contributed by atoms with Gasteiger partial charge in [-0.2, -0.15) is 0 Å². The van der Waals surface area contributed by atoms with Crippen LogP contribution in [0.25, 0.3) is 32.0 Å². The number of hydrogen-bond donors (Lipinski definition) is 1. The summed E-state index contributed by atoms with van der Waals surface area (Å²) in [6.45, 7) is 3.70. The lowest BCUT2D eigenvalue weighted by atomic mass is 9.98. The van der Waals surface area contributed by atoms with Crippen molar-refractivity contribution < 1.29 is 19.1 Å². The minimum atomic E-state index is -0.497. The van der Waals surface area contributed by atoms with E-state index in [1.165, 1.54) is 11.3 Å². The monoisotopic (exact) mass is 430 g/mol. The summed E-state index contributed by atoms with van der Waals surface area (Å²) in [7, 11) is 0. The van der Waals surface area contributed by atoms with Gasteiger partial charge < -0.3 is 14.3 Å². The van der Waals surface area contributed by atoms with E-state index in [2.05, 4.69) is 9.98 Å².